The van der Waals surface area contributed by atoms with Crippen molar-refractivity contribution in [1.29, 1.82) is 0 Å². The van der Waals surface area contributed by atoms with Crippen LogP contribution in [0.4, 0.5) is 5.00 Å². The molecule has 1 aromatic heterocycles. The molecule has 1 saturated heterocycles. The number of nitrogens with one attached hydrogen (secondary N) is 1. The van der Waals surface area contributed by atoms with E-state index in [9.17, 15) is 9.59 Å². The molecular formula is C22H29N3O2S. The number of rotatable bonds is 3. The first kappa shape index (κ1) is 20.6. The van der Waals surface area contributed by atoms with Crippen LogP contribution in [0.15, 0.2) is 36.4 Å². The number of carbonyl (C=O) groups is 2. The van der Waals surface area contributed by atoms with Gasteiger partial charge in [-0.2, -0.15) is 0 Å². The van der Waals surface area contributed by atoms with Crippen LogP contribution in [0.2, 0.25) is 0 Å². The van der Waals surface area contributed by atoms with Gasteiger partial charge in [0.05, 0.1) is 15.9 Å². The van der Waals surface area contributed by atoms with Crippen molar-refractivity contribution in [2.45, 2.75) is 33.7 Å². The first-order valence-electron chi connectivity index (χ1n) is 9.63. The highest BCUT2D eigenvalue weighted by Crippen LogP contribution is 2.33. The normalized spacial score (nSPS) is 18.2. The molecule has 1 aromatic carbocycles. The van der Waals surface area contributed by atoms with Gasteiger partial charge >= 0.3 is 0 Å². The fourth-order valence-corrected chi connectivity index (χ4v) is 4.33. The van der Waals surface area contributed by atoms with Crippen LogP contribution in [-0.2, 0) is 4.79 Å². The van der Waals surface area contributed by atoms with Gasteiger partial charge in [-0.1, -0.05) is 51.1 Å². The first-order valence-corrected chi connectivity index (χ1v) is 10.4. The average Bonchev–Trinajstić information content (AvgIpc) is 3.01. The molecule has 28 heavy (non-hydrogen) atoms. The second-order valence-corrected chi connectivity index (χ2v) is 9.57. The second kappa shape index (κ2) is 8.05. The van der Waals surface area contributed by atoms with Gasteiger partial charge in [-0.25, -0.2) is 0 Å². The van der Waals surface area contributed by atoms with Gasteiger partial charge in [0.2, 0.25) is 5.91 Å². The molecule has 5 nitrogen and oxygen atoms in total. The van der Waals surface area contributed by atoms with E-state index in [1.165, 1.54) is 11.3 Å². The number of hydrogen-bond acceptors (Lipinski definition) is 4. The van der Waals surface area contributed by atoms with Crippen LogP contribution in [0.25, 0.3) is 0 Å². The zero-order chi connectivity index (χ0) is 20.5. The van der Waals surface area contributed by atoms with Gasteiger partial charge in [0.15, 0.2) is 0 Å². The molecule has 2 amide bonds. The summed E-state index contributed by atoms with van der Waals surface area (Å²) in [6, 6.07) is 12.1. The van der Waals surface area contributed by atoms with Crippen molar-refractivity contribution in [2.24, 2.45) is 5.41 Å². The number of carbonyl (C=O) groups excluding carboxylic acids is 2. The Morgan fingerprint density at radius 3 is 2.46 bits per heavy atom. The molecule has 0 saturated carbocycles. The van der Waals surface area contributed by atoms with E-state index in [1.807, 2.05) is 56.9 Å². The lowest BCUT2D eigenvalue weighted by Gasteiger charge is -2.40. The molecular weight excluding hydrogens is 370 g/mol. The second-order valence-electron chi connectivity index (χ2n) is 8.51. The van der Waals surface area contributed by atoms with Crippen molar-refractivity contribution in [2.75, 3.05) is 32.0 Å². The number of likely N-dealkylation sites (N-methyl/N-ethyl adjacent to an activating group) is 1. The molecule has 0 aliphatic carbocycles. The fraction of sp³-hybridized carbons (Fsp3) is 0.455. The summed E-state index contributed by atoms with van der Waals surface area (Å²) in [4.78, 5) is 30.6. The maximum absolute atomic E-state index is 13.4. The van der Waals surface area contributed by atoms with Crippen molar-refractivity contribution in [3.8, 4) is 0 Å². The molecule has 0 unspecified atom stereocenters. The summed E-state index contributed by atoms with van der Waals surface area (Å²) in [6.07, 6.45) is 0. The van der Waals surface area contributed by atoms with Gasteiger partial charge in [-0.05, 0) is 31.2 Å². The molecule has 2 aromatic rings. The van der Waals surface area contributed by atoms with Crippen LogP contribution in [-0.4, -0.2) is 48.3 Å². The molecule has 0 spiro atoms. The summed E-state index contributed by atoms with van der Waals surface area (Å²) in [7, 11) is 2.09. The number of benzene rings is 1. The SMILES string of the molecule is Cc1cc(NC(=O)C(C)(C)C)sc1C(=O)N1CCN(C)C[C@H]1c1ccccc1. The fourth-order valence-electron chi connectivity index (χ4n) is 3.31. The van der Waals surface area contributed by atoms with E-state index in [1.54, 1.807) is 0 Å². The monoisotopic (exact) mass is 399 g/mol. The largest absolute Gasteiger partial charge is 0.328 e. The summed E-state index contributed by atoms with van der Waals surface area (Å²) in [5.74, 6) is -0.00443. The summed E-state index contributed by atoms with van der Waals surface area (Å²) >= 11 is 1.37. The zero-order valence-corrected chi connectivity index (χ0v) is 18.1. The molecule has 6 heteroatoms. The minimum atomic E-state index is -0.474. The van der Waals surface area contributed by atoms with Crippen LogP contribution in [0.3, 0.4) is 0 Å². The van der Waals surface area contributed by atoms with E-state index in [0.29, 0.717) is 11.4 Å². The molecule has 3 rings (SSSR count). The number of nitrogens with zero attached hydrogens (tertiary/aromatic N) is 2. The van der Waals surface area contributed by atoms with E-state index in [0.717, 1.165) is 29.2 Å². The minimum absolute atomic E-state index is 0.0292. The smallest absolute Gasteiger partial charge is 0.264 e. The lowest BCUT2D eigenvalue weighted by atomic mass is 9.96. The van der Waals surface area contributed by atoms with Crippen LogP contribution < -0.4 is 5.32 Å². The Labute approximate surface area is 171 Å². The Morgan fingerprint density at radius 1 is 1.14 bits per heavy atom. The number of piperazine rings is 1. The Kier molecular flexibility index (Phi) is 5.91. The van der Waals surface area contributed by atoms with Crippen molar-refractivity contribution in [3.05, 3.63) is 52.4 Å². The predicted octanol–water partition coefficient (Wildman–Crippen LogP) is 4.17. The van der Waals surface area contributed by atoms with E-state index < -0.39 is 5.41 Å². The molecule has 1 fully saturated rings. The van der Waals surface area contributed by atoms with E-state index >= 15 is 0 Å². The first-order chi connectivity index (χ1) is 13.2. The third kappa shape index (κ3) is 4.45. The van der Waals surface area contributed by atoms with E-state index in [2.05, 4.69) is 29.4 Å². The quantitative estimate of drug-likeness (QED) is 0.843. The third-order valence-corrected chi connectivity index (χ3v) is 6.20. The zero-order valence-electron chi connectivity index (χ0n) is 17.3. The van der Waals surface area contributed by atoms with Gasteiger partial charge in [0, 0.05) is 25.0 Å². The van der Waals surface area contributed by atoms with Gasteiger partial charge < -0.3 is 15.1 Å². The lowest BCUT2D eigenvalue weighted by molar-refractivity contribution is -0.123. The number of anilines is 1. The molecule has 1 aliphatic heterocycles. The Hall–Kier alpha value is -2.18. The van der Waals surface area contributed by atoms with Crippen molar-refractivity contribution < 1.29 is 9.59 Å². The Morgan fingerprint density at radius 2 is 1.82 bits per heavy atom. The summed E-state index contributed by atoms with van der Waals surface area (Å²) < 4.78 is 0. The Balaban J connectivity index is 1.85. The lowest BCUT2D eigenvalue weighted by Crippen LogP contribution is -2.49. The van der Waals surface area contributed by atoms with Gasteiger partial charge in [-0.3, -0.25) is 9.59 Å². The average molecular weight is 400 g/mol. The highest BCUT2D eigenvalue weighted by atomic mass is 32.1. The molecule has 0 bridgehead atoms. The highest BCUT2D eigenvalue weighted by Gasteiger charge is 2.32. The third-order valence-electron chi connectivity index (χ3n) is 5.06. The number of thiophene rings is 1. The number of aryl methyl sites for hydroxylation is 1. The maximum atomic E-state index is 13.4. The molecule has 1 aliphatic rings. The predicted molar refractivity (Wildman–Crippen MR) is 115 cm³/mol. The topological polar surface area (TPSA) is 52.7 Å². The standard InChI is InChI=1S/C22H29N3O2S/c1-15-13-18(23-21(27)22(2,3)4)28-19(15)20(26)25-12-11-24(5)14-17(25)16-9-7-6-8-10-16/h6-10,13,17H,11-12,14H2,1-5H3,(H,23,27)/t17-/m0/s1. The summed E-state index contributed by atoms with van der Waals surface area (Å²) in [5, 5.41) is 3.68. The molecule has 0 radical (unpaired) electrons. The number of amides is 2. The van der Waals surface area contributed by atoms with Crippen LogP contribution in [0, 0.1) is 12.3 Å². The number of hydrogen-bond donors (Lipinski definition) is 1. The van der Waals surface area contributed by atoms with E-state index in [4.69, 9.17) is 0 Å². The van der Waals surface area contributed by atoms with Crippen molar-refractivity contribution in [3.63, 3.8) is 0 Å². The van der Waals surface area contributed by atoms with Crippen LogP contribution >= 0.6 is 11.3 Å². The summed E-state index contributed by atoms with van der Waals surface area (Å²) in [6.45, 7) is 9.93. The minimum Gasteiger partial charge on any atom is -0.328 e. The van der Waals surface area contributed by atoms with Gasteiger partial charge in [0.25, 0.3) is 5.91 Å². The molecule has 1 atom stereocenters. The van der Waals surface area contributed by atoms with Crippen molar-refractivity contribution in [1.82, 2.24) is 9.80 Å². The summed E-state index contributed by atoms with van der Waals surface area (Å²) in [5.41, 5.74) is 1.58. The van der Waals surface area contributed by atoms with Crippen molar-refractivity contribution >= 4 is 28.2 Å². The maximum Gasteiger partial charge on any atom is 0.264 e. The molecule has 1 N–H and O–H groups in total. The van der Waals surface area contributed by atoms with Crippen LogP contribution in [0.5, 0.6) is 0 Å². The molecule has 150 valence electrons. The Bertz CT molecular complexity index is 854. The molecule has 2 heterocycles. The van der Waals surface area contributed by atoms with Gasteiger partial charge in [-0.15, -0.1) is 11.3 Å². The van der Waals surface area contributed by atoms with E-state index in [-0.39, 0.29) is 17.9 Å². The van der Waals surface area contributed by atoms with Crippen LogP contribution in [0.1, 0.15) is 47.6 Å². The highest BCUT2D eigenvalue weighted by molar-refractivity contribution is 7.18. The van der Waals surface area contributed by atoms with Gasteiger partial charge in [0.1, 0.15) is 0 Å².